The molecule has 4 rings (SSSR count). The van der Waals surface area contributed by atoms with Crippen molar-refractivity contribution in [2.24, 2.45) is 0 Å². The number of benzene rings is 2. The predicted molar refractivity (Wildman–Crippen MR) is 101 cm³/mol. The van der Waals surface area contributed by atoms with Crippen molar-refractivity contribution in [3.05, 3.63) is 64.7 Å². The summed E-state index contributed by atoms with van der Waals surface area (Å²) >= 11 is 0. The number of hydrogen-bond acceptors (Lipinski definition) is 2. The lowest BCUT2D eigenvalue weighted by Gasteiger charge is -2.31. The molecule has 1 aliphatic carbocycles. The Labute approximate surface area is 151 Å². The SMILES string of the molecule is CCOc1ccc(Cc2cc(C3CCCC4(CC4)O3)ccc2C)cc1. The maximum Gasteiger partial charge on any atom is 0.119 e. The maximum absolute atomic E-state index is 6.44. The van der Waals surface area contributed by atoms with Crippen LogP contribution in [-0.2, 0) is 11.2 Å². The van der Waals surface area contributed by atoms with E-state index in [1.54, 1.807) is 0 Å². The minimum atomic E-state index is 0.239. The maximum atomic E-state index is 6.44. The van der Waals surface area contributed by atoms with Crippen LogP contribution in [0.4, 0.5) is 0 Å². The zero-order chi connectivity index (χ0) is 17.3. The van der Waals surface area contributed by atoms with Crippen LogP contribution in [0.1, 0.15) is 67.4 Å². The van der Waals surface area contributed by atoms with E-state index in [0.717, 1.165) is 18.6 Å². The van der Waals surface area contributed by atoms with E-state index in [-0.39, 0.29) is 11.7 Å². The highest BCUT2D eigenvalue weighted by Crippen LogP contribution is 2.51. The second-order valence-electron chi connectivity index (χ2n) is 7.62. The Bertz CT molecular complexity index is 728. The smallest absolute Gasteiger partial charge is 0.119 e. The number of aryl methyl sites for hydroxylation is 1. The zero-order valence-electron chi connectivity index (χ0n) is 15.4. The summed E-state index contributed by atoms with van der Waals surface area (Å²) in [6.07, 6.45) is 7.48. The van der Waals surface area contributed by atoms with Gasteiger partial charge < -0.3 is 9.47 Å². The number of rotatable bonds is 5. The van der Waals surface area contributed by atoms with Crippen molar-refractivity contribution >= 4 is 0 Å². The van der Waals surface area contributed by atoms with Crippen molar-refractivity contribution in [2.75, 3.05) is 6.61 Å². The highest BCUT2D eigenvalue weighted by atomic mass is 16.5. The van der Waals surface area contributed by atoms with Crippen molar-refractivity contribution < 1.29 is 9.47 Å². The summed E-state index contributed by atoms with van der Waals surface area (Å²) in [5.74, 6) is 0.946. The molecule has 0 N–H and O–H groups in total. The van der Waals surface area contributed by atoms with Crippen LogP contribution in [0.3, 0.4) is 0 Å². The van der Waals surface area contributed by atoms with Gasteiger partial charge in [0.15, 0.2) is 0 Å². The molecule has 1 heterocycles. The molecule has 2 aromatic carbocycles. The lowest BCUT2D eigenvalue weighted by Crippen LogP contribution is -2.23. The quantitative estimate of drug-likeness (QED) is 0.691. The highest BCUT2D eigenvalue weighted by molar-refractivity contribution is 5.38. The second-order valence-corrected chi connectivity index (χ2v) is 7.62. The average molecular weight is 336 g/mol. The Kier molecular flexibility index (Phi) is 4.56. The summed E-state index contributed by atoms with van der Waals surface area (Å²) in [5.41, 5.74) is 5.68. The average Bonchev–Trinajstić information content (AvgIpc) is 3.37. The predicted octanol–water partition coefficient (Wildman–Crippen LogP) is 5.76. The van der Waals surface area contributed by atoms with E-state index < -0.39 is 0 Å². The summed E-state index contributed by atoms with van der Waals surface area (Å²) in [6, 6.07) is 15.4. The molecular formula is C23H28O2. The van der Waals surface area contributed by atoms with E-state index in [2.05, 4.69) is 49.4 Å². The Morgan fingerprint density at radius 3 is 2.60 bits per heavy atom. The molecule has 0 bridgehead atoms. The van der Waals surface area contributed by atoms with Crippen molar-refractivity contribution in [3.63, 3.8) is 0 Å². The molecule has 25 heavy (non-hydrogen) atoms. The molecule has 1 saturated heterocycles. The molecule has 2 aromatic rings. The standard InChI is InChI=1S/C23H28O2/c1-3-24-21-10-7-18(8-11-21)15-20-16-19(9-6-17(20)2)22-5-4-12-23(25-22)13-14-23/h6-11,16,22H,3-5,12-15H2,1-2H3. The van der Waals surface area contributed by atoms with E-state index in [0.29, 0.717) is 6.61 Å². The summed E-state index contributed by atoms with van der Waals surface area (Å²) < 4.78 is 12.0. The minimum Gasteiger partial charge on any atom is -0.494 e. The number of hydrogen-bond donors (Lipinski definition) is 0. The molecule has 0 radical (unpaired) electrons. The van der Waals surface area contributed by atoms with Crippen molar-refractivity contribution in [1.82, 2.24) is 0 Å². The van der Waals surface area contributed by atoms with Gasteiger partial charge in [0, 0.05) is 0 Å². The molecule has 1 atom stereocenters. The molecule has 2 nitrogen and oxygen atoms in total. The Balaban J connectivity index is 1.51. The molecule has 2 aliphatic rings. The lowest BCUT2D eigenvalue weighted by molar-refractivity contribution is -0.0692. The molecule has 1 aliphatic heterocycles. The first kappa shape index (κ1) is 16.7. The fourth-order valence-electron chi connectivity index (χ4n) is 3.94. The van der Waals surface area contributed by atoms with E-state index in [1.807, 2.05) is 6.92 Å². The largest absolute Gasteiger partial charge is 0.494 e. The summed E-state index contributed by atoms with van der Waals surface area (Å²) in [4.78, 5) is 0. The van der Waals surface area contributed by atoms with Gasteiger partial charge in [-0.15, -0.1) is 0 Å². The van der Waals surface area contributed by atoms with Crippen molar-refractivity contribution in [1.29, 1.82) is 0 Å². The van der Waals surface area contributed by atoms with E-state index in [4.69, 9.17) is 9.47 Å². The van der Waals surface area contributed by atoms with Gasteiger partial charge in [0.25, 0.3) is 0 Å². The van der Waals surface area contributed by atoms with E-state index >= 15 is 0 Å². The van der Waals surface area contributed by atoms with Crippen LogP contribution < -0.4 is 4.74 Å². The molecule has 2 fully saturated rings. The summed E-state index contributed by atoms with van der Waals surface area (Å²) in [7, 11) is 0. The first-order valence-electron chi connectivity index (χ1n) is 9.66. The third-order valence-corrected chi connectivity index (χ3v) is 5.67. The van der Waals surface area contributed by atoms with E-state index in [1.165, 1.54) is 47.9 Å². The molecule has 0 aromatic heterocycles. The fraction of sp³-hybridized carbons (Fsp3) is 0.478. The van der Waals surface area contributed by atoms with E-state index in [9.17, 15) is 0 Å². The van der Waals surface area contributed by atoms with Gasteiger partial charge in [-0.05, 0) is 86.8 Å². The number of ether oxygens (including phenoxy) is 2. The molecular weight excluding hydrogens is 308 g/mol. The molecule has 1 unspecified atom stereocenters. The third-order valence-electron chi connectivity index (χ3n) is 5.67. The Morgan fingerprint density at radius 1 is 1.08 bits per heavy atom. The van der Waals surface area contributed by atoms with Gasteiger partial charge in [0.2, 0.25) is 0 Å². The van der Waals surface area contributed by atoms with Gasteiger partial charge >= 0.3 is 0 Å². The summed E-state index contributed by atoms with van der Waals surface area (Å²) in [5, 5.41) is 0. The highest BCUT2D eigenvalue weighted by Gasteiger charge is 2.47. The molecule has 1 spiro atoms. The fourth-order valence-corrected chi connectivity index (χ4v) is 3.94. The monoisotopic (exact) mass is 336 g/mol. The molecule has 1 saturated carbocycles. The summed E-state index contributed by atoms with van der Waals surface area (Å²) in [6.45, 7) is 4.93. The Morgan fingerprint density at radius 2 is 1.88 bits per heavy atom. The third kappa shape index (κ3) is 3.74. The first-order chi connectivity index (χ1) is 12.2. The zero-order valence-corrected chi connectivity index (χ0v) is 15.4. The first-order valence-corrected chi connectivity index (χ1v) is 9.66. The Hall–Kier alpha value is -1.80. The topological polar surface area (TPSA) is 18.5 Å². The van der Waals surface area contributed by atoms with Gasteiger partial charge in [-0.2, -0.15) is 0 Å². The van der Waals surface area contributed by atoms with Crippen molar-refractivity contribution in [2.45, 2.75) is 64.1 Å². The van der Waals surface area contributed by atoms with Crippen LogP contribution in [0.15, 0.2) is 42.5 Å². The van der Waals surface area contributed by atoms with Crippen LogP contribution in [-0.4, -0.2) is 12.2 Å². The van der Waals surface area contributed by atoms with Crippen LogP contribution in [0.5, 0.6) is 5.75 Å². The normalized spacial score (nSPS) is 21.3. The second kappa shape index (κ2) is 6.84. The van der Waals surface area contributed by atoms with Gasteiger partial charge in [0.05, 0.1) is 18.3 Å². The van der Waals surface area contributed by atoms with Crippen molar-refractivity contribution in [3.8, 4) is 5.75 Å². The van der Waals surface area contributed by atoms with Crippen LogP contribution in [0, 0.1) is 6.92 Å². The van der Waals surface area contributed by atoms with Gasteiger partial charge in [-0.1, -0.05) is 30.3 Å². The minimum absolute atomic E-state index is 0.239. The molecule has 0 amide bonds. The van der Waals surface area contributed by atoms with Crippen LogP contribution in [0.2, 0.25) is 0 Å². The van der Waals surface area contributed by atoms with Crippen LogP contribution >= 0.6 is 0 Å². The van der Waals surface area contributed by atoms with Gasteiger partial charge in [0.1, 0.15) is 5.75 Å². The van der Waals surface area contributed by atoms with Gasteiger partial charge in [-0.25, -0.2) is 0 Å². The molecule has 132 valence electrons. The lowest BCUT2D eigenvalue weighted by atomic mass is 9.93. The van der Waals surface area contributed by atoms with Gasteiger partial charge in [-0.3, -0.25) is 0 Å². The van der Waals surface area contributed by atoms with Crippen LogP contribution in [0.25, 0.3) is 0 Å². The molecule has 2 heteroatoms.